The van der Waals surface area contributed by atoms with Crippen LogP contribution in [0.3, 0.4) is 0 Å². The molecule has 3 aromatic rings. The molecule has 0 unspecified atom stereocenters. The minimum Gasteiger partial charge on any atom is -0.497 e. The number of carbonyl (C=O) groups is 2. The van der Waals surface area contributed by atoms with Crippen LogP contribution in [-0.2, 0) is 22.6 Å². The van der Waals surface area contributed by atoms with Crippen LogP contribution in [0.4, 0.5) is 4.39 Å². The minimum absolute atomic E-state index is 0.00961. The molecule has 1 N–H and O–H groups in total. The SMILES string of the molecule is COc1ccc2cc3n(c2c1)C[C@](C)(C(=O)NC[C@@H]1CCCO1)N(Cc1ccc(F)cc1)C3=O. The normalized spacial score (nSPS) is 22.1. The zero-order chi connectivity index (χ0) is 23.9. The largest absolute Gasteiger partial charge is 0.497 e. The third-order valence-corrected chi connectivity index (χ3v) is 6.89. The van der Waals surface area contributed by atoms with Crippen LogP contribution in [-0.4, -0.2) is 53.2 Å². The molecule has 178 valence electrons. The van der Waals surface area contributed by atoms with Crippen LogP contribution in [0.2, 0.25) is 0 Å². The number of hydrogen-bond acceptors (Lipinski definition) is 4. The number of benzene rings is 2. The predicted octanol–water partition coefficient (Wildman–Crippen LogP) is 3.50. The highest BCUT2D eigenvalue weighted by Gasteiger charge is 2.47. The van der Waals surface area contributed by atoms with E-state index >= 15 is 0 Å². The Kier molecular flexibility index (Phi) is 5.77. The number of hydrogen-bond donors (Lipinski definition) is 1. The second-order valence-electron chi connectivity index (χ2n) is 9.18. The van der Waals surface area contributed by atoms with Crippen molar-refractivity contribution >= 4 is 22.7 Å². The van der Waals surface area contributed by atoms with Gasteiger partial charge in [0.2, 0.25) is 5.91 Å². The third kappa shape index (κ3) is 3.92. The molecule has 0 bridgehead atoms. The van der Waals surface area contributed by atoms with Gasteiger partial charge in [0, 0.05) is 31.1 Å². The summed E-state index contributed by atoms with van der Waals surface area (Å²) in [6.07, 6.45) is 1.87. The summed E-state index contributed by atoms with van der Waals surface area (Å²) in [5.74, 6) is -0.159. The number of amides is 2. The maximum Gasteiger partial charge on any atom is 0.271 e. The van der Waals surface area contributed by atoms with E-state index in [1.54, 1.807) is 31.1 Å². The lowest BCUT2D eigenvalue weighted by Gasteiger charge is -2.44. The fourth-order valence-corrected chi connectivity index (χ4v) is 4.88. The number of ether oxygens (including phenoxy) is 2. The minimum atomic E-state index is -1.16. The smallest absolute Gasteiger partial charge is 0.271 e. The van der Waals surface area contributed by atoms with Crippen molar-refractivity contribution < 1.29 is 23.5 Å². The van der Waals surface area contributed by atoms with Gasteiger partial charge in [0.1, 0.15) is 22.8 Å². The number of halogens is 1. The molecule has 8 heteroatoms. The first-order valence-corrected chi connectivity index (χ1v) is 11.5. The summed E-state index contributed by atoms with van der Waals surface area (Å²) >= 11 is 0. The number of nitrogens with one attached hydrogen (secondary N) is 1. The molecule has 7 nitrogen and oxygen atoms in total. The molecule has 2 aliphatic heterocycles. The van der Waals surface area contributed by atoms with Crippen molar-refractivity contribution in [2.45, 2.75) is 44.5 Å². The van der Waals surface area contributed by atoms with Crippen LogP contribution >= 0.6 is 0 Å². The third-order valence-electron chi connectivity index (χ3n) is 6.89. The molecular formula is C26H28FN3O4. The summed E-state index contributed by atoms with van der Waals surface area (Å²) in [5, 5.41) is 3.92. The van der Waals surface area contributed by atoms with Crippen LogP contribution < -0.4 is 10.1 Å². The van der Waals surface area contributed by atoms with Gasteiger partial charge >= 0.3 is 0 Å². The van der Waals surface area contributed by atoms with E-state index in [0.29, 0.717) is 24.6 Å². The molecule has 34 heavy (non-hydrogen) atoms. The van der Waals surface area contributed by atoms with Crippen LogP contribution in [0.1, 0.15) is 35.8 Å². The second-order valence-corrected chi connectivity index (χ2v) is 9.18. The van der Waals surface area contributed by atoms with Gasteiger partial charge in [-0.3, -0.25) is 9.59 Å². The molecular weight excluding hydrogens is 437 g/mol. The number of nitrogens with zero attached hydrogens (tertiary/aromatic N) is 2. The average molecular weight is 466 g/mol. The maximum absolute atomic E-state index is 13.8. The van der Waals surface area contributed by atoms with Crippen molar-refractivity contribution in [3.63, 3.8) is 0 Å². The number of methoxy groups -OCH3 is 1. The fourth-order valence-electron chi connectivity index (χ4n) is 4.88. The van der Waals surface area contributed by atoms with Crippen molar-refractivity contribution in [3.05, 3.63) is 65.6 Å². The van der Waals surface area contributed by atoms with Crippen LogP contribution in [0.5, 0.6) is 5.75 Å². The first-order chi connectivity index (χ1) is 16.4. The van der Waals surface area contributed by atoms with Gasteiger partial charge in [-0.2, -0.15) is 0 Å². The van der Waals surface area contributed by atoms with Gasteiger partial charge in [-0.15, -0.1) is 0 Å². The van der Waals surface area contributed by atoms with Gasteiger partial charge in [0.05, 0.1) is 25.3 Å². The van der Waals surface area contributed by atoms with Gasteiger partial charge in [-0.05, 0) is 55.7 Å². The van der Waals surface area contributed by atoms with Crippen molar-refractivity contribution in [2.75, 3.05) is 20.3 Å². The van der Waals surface area contributed by atoms with Crippen molar-refractivity contribution in [3.8, 4) is 5.75 Å². The van der Waals surface area contributed by atoms with E-state index < -0.39 is 5.54 Å². The Balaban J connectivity index is 1.53. The maximum atomic E-state index is 13.8. The zero-order valence-corrected chi connectivity index (χ0v) is 19.3. The quantitative estimate of drug-likeness (QED) is 0.605. The fraction of sp³-hybridized carbons (Fsp3) is 0.385. The number of rotatable bonds is 6. The van der Waals surface area contributed by atoms with Gasteiger partial charge in [-0.1, -0.05) is 12.1 Å². The molecule has 2 amide bonds. The highest BCUT2D eigenvalue weighted by atomic mass is 19.1. The Bertz CT molecular complexity index is 1230. The molecule has 1 fully saturated rings. The molecule has 5 rings (SSSR count). The Morgan fingerprint density at radius 1 is 1.24 bits per heavy atom. The number of carbonyl (C=O) groups excluding carboxylic acids is 2. The molecule has 1 aromatic heterocycles. The van der Waals surface area contributed by atoms with E-state index in [0.717, 1.165) is 29.3 Å². The summed E-state index contributed by atoms with van der Waals surface area (Å²) in [4.78, 5) is 29.0. The second kappa shape index (κ2) is 8.76. The lowest BCUT2D eigenvalue weighted by Crippen LogP contribution is -2.64. The molecule has 0 saturated carbocycles. The van der Waals surface area contributed by atoms with E-state index in [2.05, 4.69) is 5.32 Å². The standard InChI is InChI=1S/C26H28FN3O4/c1-26(25(32)28-14-21-4-3-11-34-21)16-29-22-13-20(33-2)10-7-18(22)12-23(29)24(31)30(26)15-17-5-8-19(27)9-6-17/h5-10,12-13,21H,3-4,11,14-16H2,1-2H3,(H,28,32)/t21-,26+/m0/s1. The number of aromatic nitrogens is 1. The van der Waals surface area contributed by atoms with Crippen LogP contribution in [0, 0.1) is 5.82 Å². The van der Waals surface area contributed by atoms with Crippen molar-refractivity contribution in [1.82, 2.24) is 14.8 Å². The van der Waals surface area contributed by atoms with Crippen molar-refractivity contribution in [1.29, 1.82) is 0 Å². The van der Waals surface area contributed by atoms with Gasteiger partial charge in [-0.25, -0.2) is 4.39 Å². The van der Waals surface area contributed by atoms with Gasteiger partial charge in [0.25, 0.3) is 5.91 Å². The van der Waals surface area contributed by atoms with Crippen LogP contribution in [0.25, 0.3) is 10.9 Å². The summed E-state index contributed by atoms with van der Waals surface area (Å²) in [6, 6.07) is 13.5. The molecule has 2 atom stereocenters. The van der Waals surface area contributed by atoms with E-state index in [1.807, 2.05) is 28.8 Å². The van der Waals surface area contributed by atoms with E-state index in [1.165, 1.54) is 12.1 Å². The molecule has 2 aromatic carbocycles. The summed E-state index contributed by atoms with van der Waals surface area (Å²) in [7, 11) is 1.60. The van der Waals surface area contributed by atoms with Gasteiger partial charge < -0.3 is 24.3 Å². The Labute approximate surface area is 197 Å². The first kappa shape index (κ1) is 22.4. The Morgan fingerprint density at radius 3 is 2.74 bits per heavy atom. The molecule has 2 aliphatic rings. The Morgan fingerprint density at radius 2 is 2.03 bits per heavy atom. The summed E-state index contributed by atoms with van der Waals surface area (Å²) in [5.41, 5.74) is 0.933. The summed E-state index contributed by atoms with van der Waals surface area (Å²) in [6.45, 7) is 3.36. The number of fused-ring (bicyclic) bond motifs is 3. The lowest BCUT2D eigenvalue weighted by molar-refractivity contribution is -0.133. The first-order valence-electron chi connectivity index (χ1n) is 11.5. The van der Waals surface area contributed by atoms with Crippen molar-refractivity contribution in [2.24, 2.45) is 0 Å². The van der Waals surface area contributed by atoms with E-state index in [-0.39, 0.29) is 36.8 Å². The Hall–Kier alpha value is -3.39. The van der Waals surface area contributed by atoms with E-state index in [9.17, 15) is 14.0 Å². The highest BCUT2D eigenvalue weighted by molar-refractivity contribution is 6.03. The van der Waals surface area contributed by atoms with Crippen LogP contribution in [0.15, 0.2) is 48.5 Å². The zero-order valence-electron chi connectivity index (χ0n) is 19.3. The molecule has 1 saturated heterocycles. The average Bonchev–Trinajstić information content (AvgIpc) is 3.49. The monoisotopic (exact) mass is 465 g/mol. The molecule has 0 radical (unpaired) electrons. The molecule has 0 aliphatic carbocycles. The molecule has 3 heterocycles. The topological polar surface area (TPSA) is 72.8 Å². The summed E-state index contributed by atoms with van der Waals surface area (Å²) < 4.78 is 26.4. The molecule has 0 spiro atoms. The van der Waals surface area contributed by atoms with Gasteiger partial charge in [0.15, 0.2) is 0 Å². The van der Waals surface area contributed by atoms with E-state index in [4.69, 9.17) is 9.47 Å². The highest BCUT2D eigenvalue weighted by Crippen LogP contribution is 2.35. The predicted molar refractivity (Wildman–Crippen MR) is 125 cm³/mol. The lowest BCUT2D eigenvalue weighted by atomic mass is 9.93.